The van der Waals surface area contributed by atoms with Crippen molar-refractivity contribution in [2.75, 3.05) is 5.01 Å². The Kier molecular flexibility index (Phi) is 4.56. The Morgan fingerprint density at radius 2 is 1.81 bits per heavy atom. The lowest BCUT2D eigenvalue weighted by molar-refractivity contribution is 0.0580. The summed E-state index contributed by atoms with van der Waals surface area (Å²) in [5, 5.41) is 0.996. The van der Waals surface area contributed by atoms with E-state index in [4.69, 9.17) is 22.2 Å². The third kappa shape index (κ3) is 4.20. The van der Waals surface area contributed by atoms with Gasteiger partial charge < -0.3 is 4.74 Å². The molecule has 21 heavy (non-hydrogen) atoms. The lowest BCUT2D eigenvalue weighted by Crippen LogP contribution is -2.41. The van der Waals surface area contributed by atoms with Crippen LogP contribution in [0.3, 0.4) is 0 Å². The SMILES string of the molecule is CC(C)(C)OC(=O)N(N)c1ccc(-c2ccc(Cl)s2)cc1. The van der Waals surface area contributed by atoms with Crippen molar-refractivity contribution >= 4 is 34.7 Å². The van der Waals surface area contributed by atoms with Crippen molar-refractivity contribution in [1.29, 1.82) is 0 Å². The van der Waals surface area contributed by atoms with Crippen molar-refractivity contribution < 1.29 is 9.53 Å². The number of thiophene rings is 1. The number of halogens is 1. The van der Waals surface area contributed by atoms with Gasteiger partial charge in [0, 0.05) is 4.88 Å². The minimum absolute atomic E-state index is 0.565. The molecule has 2 rings (SSSR count). The maximum absolute atomic E-state index is 11.9. The number of nitrogens with zero attached hydrogens (tertiary/aromatic N) is 1. The van der Waals surface area contributed by atoms with Crippen molar-refractivity contribution in [1.82, 2.24) is 0 Å². The zero-order valence-electron chi connectivity index (χ0n) is 12.1. The van der Waals surface area contributed by atoms with Crippen LogP contribution in [0.15, 0.2) is 36.4 Å². The van der Waals surface area contributed by atoms with Crippen LogP contribution in [0.5, 0.6) is 0 Å². The highest BCUT2D eigenvalue weighted by molar-refractivity contribution is 7.19. The topological polar surface area (TPSA) is 55.6 Å². The van der Waals surface area contributed by atoms with Gasteiger partial charge in [-0.2, -0.15) is 0 Å². The highest BCUT2D eigenvalue weighted by Gasteiger charge is 2.21. The lowest BCUT2D eigenvalue weighted by Gasteiger charge is -2.24. The number of carbonyl (C=O) groups excluding carboxylic acids is 1. The zero-order chi connectivity index (χ0) is 15.6. The summed E-state index contributed by atoms with van der Waals surface area (Å²) >= 11 is 7.42. The Hall–Kier alpha value is -1.56. The van der Waals surface area contributed by atoms with Gasteiger partial charge in [-0.3, -0.25) is 0 Å². The van der Waals surface area contributed by atoms with Gasteiger partial charge >= 0.3 is 6.09 Å². The first kappa shape index (κ1) is 15.8. The quantitative estimate of drug-likeness (QED) is 0.495. The van der Waals surface area contributed by atoms with Gasteiger partial charge in [0.2, 0.25) is 0 Å². The number of anilines is 1. The van der Waals surface area contributed by atoms with E-state index in [9.17, 15) is 4.79 Å². The van der Waals surface area contributed by atoms with Crippen LogP contribution in [-0.2, 0) is 4.74 Å². The summed E-state index contributed by atoms with van der Waals surface area (Å²) in [6.45, 7) is 5.38. The molecule has 0 aliphatic heterocycles. The maximum atomic E-state index is 11.9. The van der Waals surface area contributed by atoms with Crippen molar-refractivity contribution in [3.8, 4) is 10.4 Å². The molecule has 0 fully saturated rings. The first-order valence-electron chi connectivity index (χ1n) is 6.40. The van der Waals surface area contributed by atoms with E-state index in [1.165, 1.54) is 11.3 Å². The van der Waals surface area contributed by atoms with Gasteiger partial charge in [-0.25, -0.2) is 15.6 Å². The Morgan fingerprint density at radius 3 is 2.29 bits per heavy atom. The molecule has 2 N–H and O–H groups in total. The van der Waals surface area contributed by atoms with Crippen LogP contribution >= 0.6 is 22.9 Å². The van der Waals surface area contributed by atoms with Crippen molar-refractivity contribution in [3.63, 3.8) is 0 Å². The largest absolute Gasteiger partial charge is 0.442 e. The minimum Gasteiger partial charge on any atom is -0.442 e. The molecule has 2 aromatic rings. The fraction of sp³-hybridized carbons (Fsp3) is 0.267. The van der Waals surface area contributed by atoms with Crippen LogP contribution < -0.4 is 10.9 Å². The number of hydrogen-bond donors (Lipinski definition) is 1. The lowest BCUT2D eigenvalue weighted by atomic mass is 10.2. The van der Waals surface area contributed by atoms with E-state index >= 15 is 0 Å². The molecular formula is C15H17ClN2O2S. The molecule has 0 saturated heterocycles. The predicted molar refractivity (Wildman–Crippen MR) is 87.7 cm³/mol. The van der Waals surface area contributed by atoms with Crippen LogP contribution in [0.25, 0.3) is 10.4 Å². The van der Waals surface area contributed by atoms with Gasteiger partial charge in [0.05, 0.1) is 10.0 Å². The summed E-state index contributed by atoms with van der Waals surface area (Å²) in [4.78, 5) is 12.9. The molecule has 0 saturated carbocycles. The van der Waals surface area contributed by atoms with Gasteiger partial charge in [-0.05, 0) is 50.6 Å². The molecule has 0 bridgehead atoms. The monoisotopic (exact) mass is 324 g/mol. The van der Waals surface area contributed by atoms with Crippen molar-refractivity contribution in [2.45, 2.75) is 26.4 Å². The molecule has 112 valence electrons. The number of nitrogens with two attached hydrogens (primary N) is 1. The second kappa shape index (κ2) is 6.05. The summed E-state index contributed by atoms with van der Waals surface area (Å²) in [6, 6.07) is 11.1. The fourth-order valence-electron chi connectivity index (χ4n) is 1.67. The molecule has 6 heteroatoms. The number of rotatable bonds is 2. The molecule has 0 atom stereocenters. The van der Waals surface area contributed by atoms with Crippen LogP contribution in [0.4, 0.5) is 10.5 Å². The van der Waals surface area contributed by atoms with Crippen LogP contribution in [0.2, 0.25) is 4.34 Å². The Morgan fingerprint density at radius 1 is 1.19 bits per heavy atom. The van der Waals surface area contributed by atoms with Gasteiger partial charge in [0.25, 0.3) is 0 Å². The number of hydrazine groups is 1. The number of benzene rings is 1. The summed E-state index contributed by atoms with van der Waals surface area (Å²) in [5.74, 6) is 5.78. The average Bonchev–Trinajstić information content (AvgIpc) is 2.83. The molecule has 1 aromatic heterocycles. The van der Waals surface area contributed by atoms with Crippen molar-refractivity contribution in [2.24, 2.45) is 5.84 Å². The molecule has 1 aromatic carbocycles. The predicted octanol–water partition coefficient (Wildman–Crippen LogP) is 4.68. The third-order valence-corrected chi connectivity index (χ3v) is 3.87. The molecule has 0 radical (unpaired) electrons. The second-order valence-corrected chi connectivity index (χ2v) is 7.22. The van der Waals surface area contributed by atoms with E-state index in [2.05, 4.69) is 0 Å². The Labute approximate surface area is 133 Å². The maximum Gasteiger partial charge on any atom is 0.429 e. The highest BCUT2D eigenvalue weighted by atomic mass is 35.5. The Bertz CT molecular complexity index is 632. The van der Waals surface area contributed by atoms with E-state index in [1.54, 1.807) is 32.9 Å². The number of hydrogen-bond acceptors (Lipinski definition) is 4. The molecule has 0 aliphatic carbocycles. The molecule has 1 amide bonds. The fourth-order valence-corrected chi connectivity index (χ4v) is 2.72. The molecule has 4 nitrogen and oxygen atoms in total. The van der Waals surface area contributed by atoms with Crippen molar-refractivity contribution in [3.05, 3.63) is 40.7 Å². The smallest absolute Gasteiger partial charge is 0.429 e. The van der Waals surface area contributed by atoms with Gasteiger partial charge in [-0.15, -0.1) is 11.3 Å². The number of carbonyl (C=O) groups is 1. The van der Waals surface area contributed by atoms with Crippen LogP contribution in [0, 0.1) is 0 Å². The molecule has 0 aliphatic rings. The second-order valence-electron chi connectivity index (χ2n) is 5.50. The summed E-state index contributed by atoms with van der Waals surface area (Å²) in [7, 11) is 0. The van der Waals surface area contributed by atoms with E-state index in [0.717, 1.165) is 19.8 Å². The molecule has 0 unspecified atom stereocenters. The third-order valence-electron chi connectivity index (χ3n) is 2.59. The average molecular weight is 325 g/mol. The standard InChI is InChI=1S/C15H17ClN2O2S/c1-15(2,3)20-14(19)18(17)11-6-4-10(5-7-11)12-8-9-13(16)21-12/h4-9H,17H2,1-3H3. The Balaban J connectivity index is 2.13. The van der Waals surface area contributed by atoms with E-state index in [-0.39, 0.29) is 0 Å². The minimum atomic E-state index is -0.589. The van der Waals surface area contributed by atoms with Crippen LogP contribution in [0.1, 0.15) is 20.8 Å². The van der Waals surface area contributed by atoms with E-state index < -0.39 is 11.7 Å². The summed E-state index contributed by atoms with van der Waals surface area (Å²) in [5.41, 5.74) is 1.01. The summed E-state index contributed by atoms with van der Waals surface area (Å²) < 4.78 is 5.96. The molecule has 0 spiro atoms. The molecular weight excluding hydrogens is 308 g/mol. The van der Waals surface area contributed by atoms with Gasteiger partial charge in [-0.1, -0.05) is 23.7 Å². The van der Waals surface area contributed by atoms with E-state index in [0.29, 0.717) is 5.69 Å². The zero-order valence-corrected chi connectivity index (χ0v) is 13.7. The first-order valence-corrected chi connectivity index (χ1v) is 7.59. The molecule has 1 heterocycles. The number of amides is 1. The van der Waals surface area contributed by atoms with Gasteiger partial charge in [0.15, 0.2) is 0 Å². The van der Waals surface area contributed by atoms with Gasteiger partial charge in [0.1, 0.15) is 5.60 Å². The highest BCUT2D eigenvalue weighted by Crippen LogP contribution is 2.31. The summed E-state index contributed by atoms with van der Waals surface area (Å²) in [6.07, 6.45) is -0.589. The number of ether oxygens (including phenoxy) is 1. The normalized spacial score (nSPS) is 11.3. The van der Waals surface area contributed by atoms with E-state index in [1.807, 2.05) is 24.3 Å². The first-order chi connectivity index (χ1) is 9.76. The van der Waals surface area contributed by atoms with Crippen LogP contribution in [-0.4, -0.2) is 11.7 Å².